The molecule has 0 aliphatic rings. The van der Waals surface area contributed by atoms with Crippen molar-refractivity contribution in [2.24, 2.45) is 0 Å². The lowest BCUT2D eigenvalue weighted by molar-refractivity contribution is 0.0737. The van der Waals surface area contributed by atoms with E-state index in [-0.39, 0.29) is 28.5 Å². The summed E-state index contributed by atoms with van der Waals surface area (Å²) in [6.07, 6.45) is 0. The molecule has 1 amide bonds. The Balaban J connectivity index is 2.26. The quantitative estimate of drug-likeness (QED) is 0.934. The molecule has 2 N–H and O–H groups in total. The van der Waals surface area contributed by atoms with Crippen molar-refractivity contribution >= 4 is 34.9 Å². The van der Waals surface area contributed by atoms with Crippen molar-refractivity contribution in [1.29, 1.82) is 0 Å². The van der Waals surface area contributed by atoms with Gasteiger partial charge < -0.3 is 10.6 Å². The van der Waals surface area contributed by atoms with Crippen LogP contribution in [0.25, 0.3) is 0 Å². The van der Waals surface area contributed by atoms with Crippen LogP contribution in [0.3, 0.4) is 0 Å². The van der Waals surface area contributed by atoms with Crippen LogP contribution in [0.15, 0.2) is 36.4 Å². The molecule has 0 radical (unpaired) electrons. The molecule has 1 atom stereocenters. The molecular weight excluding hydrogens is 309 g/mol. The van der Waals surface area contributed by atoms with Gasteiger partial charge in [-0.05, 0) is 36.8 Å². The van der Waals surface area contributed by atoms with Crippen LogP contribution in [0.2, 0.25) is 10.0 Å². The molecule has 1 unspecified atom stereocenters. The summed E-state index contributed by atoms with van der Waals surface area (Å²) in [5, 5.41) is 0.935. The number of rotatable bonds is 3. The first kappa shape index (κ1) is 15.6. The van der Waals surface area contributed by atoms with Crippen molar-refractivity contribution in [3.63, 3.8) is 0 Å². The maximum Gasteiger partial charge on any atom is 0.274 e. The number of carbonyl (C=O) groups excluding carboxylic acids is 1. The third-order valence-corrected chi connectivity index (χ3v) is 3.88. The summed E-state index contributed by atoms with van der Waals surface area (Å²) in [6.45, 7) is 1.92. The first-order chi connectivity index (χ1) is 9.90. The van der Waals surface area contributed by atoms with E-state index in [9.17, 15) is 4.79 Å². The van der Waals surface area contributed by atoms with E-state index in [0.29, 0.717) is 5.02 Å². The summed E-state index contributed by atoms with van der Waals surface area (Å²) in [4.78, 5) is 18.1. The van der Waals surface area contributed by atoms with Crippen LogP contribution in [-0.2, 0) is 0 Å². The van der Waals surface area contributed by atoms with Gasteiger partial charge >= 0.3 is 0 Å². The van der Waals surface area contributed by atoms with Crippen molar-refractivity contribution in [3.05, 3.63) is 57.7 Å². The van der Waals surface area contributed by atoms with Crippen LogP contribution in [0.5, 0.6) is 0 Å². The SMILES string of the molecule is CC(c1ccc(Cl)cc1)N(C)C(=O)c1nc(N)ccc1Cl. The fourth-order valence-corrected chi connectivity index (χ4v) is 2.23. The Morgan fingerprint density at radius 2 is 1.81 bits per heavy atom. The van der Waals surface area contributed by atoms with E-state index in [1.54, 1.807) is 36.2 Å². The van der Waals surface area contributed by atoms with E-state index < -0.39 is 0 Å². The van der Waals surface area contributed by atoms with E-state index in [0.717, 1.165) is 5.56 Å². The molecular formula is C15H15Cl2N3O. The summed E-state index contributed by atoms with van der Waals surface area (Å²) in [7, 11) is 1.70. The number of nitrogens with two attached hydrogens (primary N) is 1. The molecule has 1 heterocycles. The lowest BCUT2D eigenvalue weighted by atomic mass is 10.1. The standard InChI is InChI=1S/C15H15Cl2N3O/c1-9(10-3-5-11(16)6-4-10)20(2)15(21)14-12(17)7-8-13(18)19-14/h3-9H,1-2H3,(H2,18,19). The number of carbonyl (C=O) groups is 1. The van der Waals surface area contributed by atoms with Crippen LogP contribution in [0, 0.1) is 0 Å². The number of halogens is 2. The molecule has 0 aliphatic heterocycles. The zero-order valence-electron chi connectivity index (χ0n) is 11.7. The fraction of sp³-hybridized carbons (Fsp3) is 0.200. The van der Waals surface area contributed by atoms with Gasteiger partial charge in [0.15, 0.2) is 0 Å². The highest BCUT2D eigenvalue weighted by molar-refractivity contribution is 6.33. The minimum Gasteiger partial charge on any atom is -0.384 e. The highest BCUT2D eigenvalue weighted by atomic mass is 35.5. The predicted octanol–water partition coefficient (Wildman–Crippen LogP) is 3.80. The van der Waals surface area contributed by atoms with Crippen LogP contribution < -0.4 is 5.73 Å². The molecule has 1 aromatic heterocycles. The van der Waals surface area contributed by atoms with E-state index >= 15 is 0 Å². The van der Waals surface area contributed by atoms with Gasteiger partial charge in [0.05, 0.1) is 11.1 Å². The molecule has 2 aromatic rings. The van der Waals surface area contributed by atoms with Crippen LogP contribution in [0.1, 0.15) is 29.0 Å². The van der Waals surface area contributed by atoms with E-state index in [4.69, 9.17) is 28.9 Å². The van der Waals surface area contributed by atoms with Crippen molar-refractivity contribution in [1.82, 2.24) is 9.88 Å². The van der Waals surface area contributed by atoms with Crippen LogP contribution in [-0.4, -0.2) is 22.8 Å². The summed E-state index contributed by atoms with van der Waals surface area (Å²) in [6, 6.07) is 10.3. The second kappa shape index (κ2) is 6.33. The fourth-order valence-electron chi connectivity index (χ4n) is 1.92. The van der Waals surface area contributed by atoms with Crippen molar-refractivity contribution < 1.29 is 4.79 Å². The Kier molecular flexibility index (Phi) is 4.70. The molecule has 0 saturated carbocycles. The zero-order chi connectivity index (χ0) is 15.6. The number of amides is 1. The van der Waals surface area contributed by atoms with Crippen molar-refractivity contribution in [2.75, 3.05) is 12.8 Å². The number of hydrogen-bond acceptors (Lipinski definition) is 3. The molecule has 2 rings (SSSR count). The zero-order valence-corrected chi connectivity index (χ0v) is 13.2. The van der Waals surface area contributed by atoms with Gasteiger partial charge in [-0.15, -0.1) is 0 Å². The number of nitrogen functional groups attached to an aromatic ring is 1. The Labute approximate surface area is 133 Å². The van der Waals surface area contributed by atoms with Crippen LogP contribution in [0.4, 0.5) is 5.82 Å². The minimum atomic E-state index is -0.283. The number of aromatic nitrogens is 1. The van der Waals surface area contributed by atoms with Gasteiger partial charge in [0, 0.05) is 12.1 Å². The van der Waals surface area contributed by atoms with Gasteiger partial charge in [-0.25, -0.2) is 4.98 Å². The normalized spacial score (nSPS) is 12.0. The van der Waals surface area contributed by atoms with Gasteiger partial charge in [-0.3, -0.25) is 4.79 Å². The smallest absolute Gasteiger partial charge is 0.274 e. The lowest BCUT2D eigenvalue weighted by Gasteiger charge is -2.25. The van der Waals surface area contributed by atoms with Crippen molar-refractivity contribution in [3.8, 4) is 0 Å². The second-order valence-electron chi connectivity index (χ2n) is 4.71. The predicted molar refractivity (Wildman–Crippen MR) is 85.6 cm³/mol. The molecule has 0 saturated heterocycles. The Morgan fingerprint density at radius 3 is 2.43 bits per heavy atom. The van der Waals surface area contributed by atoms with E-state index in [1.165, 1.54) is 0 Å². The minimum absolute atomic E-state index is 0.144. The first-order valence-electron chi connectivity index (χ1n) is 6.35. The molecule has 6 heteroatoms. The van der Waals surface area contributed by atoms with Gasteiger partial charge in [0.2, 0.25) is 0 Å². The van der Waals surface area contributed by atoms with E-state index in [1.807, 2.05) is 19.1 Å². The molecule has 0 bridgehead atoms. The number of pyridine rings is 1. The topological polar surface area (TPSA) is 59.2 Å². The third kappa shape index (κ3) is 3.46. The first-order valence-corrected chi connectivity index (χ1v) is 7.10. The number of nitrogens with zero attached hydrogens (tertiary/aromatic N) is 2. The van der Waals surface area contributed by atoms with Gasteiger partial charge in [-0.2, -0.15) is 0 Å². The average molecular weight is 324 g/mol. The Hall–Kier alpha value is -1.78. The third-order valence-electron chi connectivity index (χ3n) is 3.32. The molecule has 1 aromatic carbocycles. The van der Waals surface area contributed by atoms with Gasteiger partial charge in [0.1, 0.15) is 11.5 Å². The summed E-state index contributed by atoms with van der Waals surface area (Å²) in [5.74, 6) is -0.0231. The average Bonchev–Trinajstić information content (AvgIpc) is 2.48. The molecule has 110 valence electrons. The largest absolute Gasteiger partial charge is 0.384 e. The number of anilines is 1. The number of hydrogen-bond donors (Lipinski definition) is 1. The highest BCUT2D eigenvalue weighted by Gasteiger charge is 2.22. The van der Waals surface area contributed by atoms with Crippen molar-refractivity contribution in [2.45, 2.75) is 13.0 Å². The number of benzene rings is 1. The Bertz CT molecular complexity index is 658. The summed E-state index contributed by atoms with van der Waals surface area (Å²) >= 11 is 11.9. The maximum atomic E-state index is 12.5. The molecule has 4 nitrogen and oxygen atoms in total. The highest BCUT2D eigenvalue weighted by Crippen LogP contribution is 2.24. The summed E-state index contributed by atoms with van der Waals surface area (Å²) < 4.78 is 0. The molecule has 0 aliphatic carbocycles. The second-order valence-corrected chi connectivity index (χ2v) is 5.55. The molecule has 21 heavy (non-hydrogen) atoms. The van der Waals surface area contributed by atoms with Gasteiger partial charge in [-0.1, -0.05) is 35.3 Å². The molecule has 0 spiro atoms. The lowest BCUT2D eigenvalue weighted by Crippen LogP contribution is -2.30. The van der Waals surface area contributed by atoms with Crippen LogP contribution >= 0.6 is 23.2 Å². The Morgan fingerprint density at radius 1 is 1.19 bits per heavy atom. The van der Waals surface area contributed by atoms with E-state index in [2.05, 4.69) is 4.98 Å². The monoisotopic (exact) mass is 323 g/mol. The maximum absolute atomic E-state index is 12.5. The van der Waals surface area contributed by atoms with Gasteiger partial charge in [0.25, 0.3) is 5.91 Å². The summed E-state index contributed by atoms with van der Waals surface area (Å²) in [5.41, 5.74) is 6.73. The molecule has 0 fully saturated rings.